The molecule has 66 valence electrons. The number of nitrogens with one attached hydrogen (secondary N) is 1. The predicted octanol–water partition coefficient (Wildman–Crippen LogP) is 0.852. The van der Waals surface area contributed by atoms with E-state index in [-0.39, 0.29) is 6.10 Å². The number of piperidine rings is 1. The van der Waals surface area contributed by atoms with Crippen LogP contribution < -0.4 is 5.32 Å². The molecule has 0 aromatic rings. The van der Waals surface area contributed by atoms with Gasteiger partial charge in [0.1, 0.15) is 0 Å². The molecule has 2 nitrogen and oxygen atoms in total. The van der Waals surface area contributed by atoms with Crippen LogP contribution in [-0.2, 0) is 0 Å². The third-order valence-electron chi connectivity index (χ3n) is 2.15. The van der Waals surface area contributed by atoms with Crippen LogP contribution in [0.1, 0.15) is 19.3 Å². The first-order valence-corrected chi connectivity index (χ1v) is 5.64. The second-order valence-electron chi connectivity index (χ2n) is 3.08. The van der Waals surface area contributed by atoms with Gasteiger partial charge >= 0.3 is 0 Å². The summed E-state index contributed by atoms with van der Waals surface area (Å²) in [6.07, 6.45) is 5.56. The minimum absolute atomic E-state index is 0.148. The molecule has 0 amide bonds. The number of aliphatic hydroxyl groups excluding tert-OH is 1. The van der Waals surface area contributed by atoms with Gasteiger partial charge in [-0.25, -0.2) is 0 Å². The zero-order valence-corrected chi connectivity index (χ0v) is 7.86. The van der Waals surface area contributed by atoms with E-state index in [4.69, 9.17) is 0 Å². The van der Waals surface area contributed by atoms with Crippen molar-refractivity contribution in [2.24, 2.45) is 0 Å². The van der Waals surface area contributed by atoms with Crippen molar-refractivity contribution in [2.75, 3.05) is 18.6 Å². The molecule has 1 aliphatic heterocycles. The first-order chi connectivity index (χ1) is 5.34. The number of hydrogen-bond donors (Lipinski definition) is 2. The highest BCUT2D eigenvalue weighted by Crippen LogP contribution is 2.12. The smallest absolute Gasteiger partial charge is 0.0783 e. The molecule has 0 aromatic carbocycles. The maximum absolute atomic E-state index is 9.59. The van der Waals surface area contributed by atoms with Gasteiger partial charge in [-0.2, -0.15) is 11.8 Å². The van der Waals surface area contributed by atoms with E-state index in [2.05, 4.69) is 5.32 Å². The van der Waals surface area contributed by atoms with Gasteiger partial charge in [0.15, 0.2) is 0 Å². The quantitative estimate of drug-likeness (QED) is 0.667. The highest BCUT2D eigenvalue weighted by atomic mass is 32.2. The molecule has 1 heterocycles. The van der Waals surface area contributed by atoms with Crippen molar-refractivity contribution in [1.82, 2.24) is 5.32 Å². The highest BCUT2D eigenvalue weighted by Gasteiger charge is 2.19. The molecular weight excluding hydrogens is 158 g/mol. The van der Waals surface area contributed by atoms with Crippen LogP contribution in [0.25, 0.3) is 0 Å². The molecule has 1 fully saturated rings. The zero-order chi connectivity index (χ0) is 8.10. The second-order valence-corrected chi connectivity index (χ2v) is 3.99. The average molecular weight is 175 g/mol. The first-order valence-electron chi connectivity index (χ1n) is 4.25. The van der Waals surface area contributed by atoms with E-state index in [0.717, 1.165) is 18.7 Å². The minimum atomic E-state index is -0.148. The van der Waals surface area contributed by atoms with Gasteiger partial charge in [-0.15, -0.1) is 0 Å². The number of rotatable bonds is 3. The highest BCUT2D eigenvalue weighted by molar-refractivity contribution is 7.98. The normalized spacial score (nSPS) is 28.4. The van der Waals surface area contributed by atoms with Crippen molar-refractivity contribution >= 4 is 11.8 Å². The molecule has 2 N–H and O–H groups in total. The molecule has 2 unspecified atom stereocenters. The van der Waals surface area contributed by atoms with E-state index in [1.54, 1.807) is 11.8 Å². The number of thioether (sulfide) groups is 1. The van der Waals surface area contributed by atoms with Crippen molar-refractivity contribution in [3.05, 3.63) is 0 Å². The van der Waals surface area contributed by atoms with E-state index in [0.29, 0.717) is 6.04 Å². The fourth-order valence-electron chi connectivity index (χ4n) is 1.49. The van der Waals surface area contributed by atoms with Crippen LogP contribution in [0.15, 0.2) is 0 Å². The summed E-state index contributed by atoms with van der Waals surface area (Å²) in [5, 5.41) is 12.9. The summed E-state index contributed by atoms with van der Waals surface area (Å²) in [5.74, 6) is 0.859. The maximum atomic E-state index is 9.59. The van der Waals surface area contributed by atoms with Crippen LogP contribution >= 0.6 is 11.8 Å². The van der Waals surface area contributed by atoms with Gasteiger partial charge in [-0.05, 0) is 25.6 Å². The van der Waals surface area contributed by atoms with Crippen LogP contribution in [0.2, 0.25) is 0 Å². The monoisotopic (exact) mass is 175 g/mol. The van der Waals surface area contributed by atoms with Gasteiger partial charge in [0.25, 0.3) is 0 Å². The van der Waals surface area contributed by atoms with Crippen LogP contribution in [-0.4, -0.2) is 35.8 Å². The lowest BCUT2D eigenvalue weighted by atomic mass is 10.0. The Labute approximate surface area is 72.8 Å². The van der Waals surface area contributed by atoms with Gasteiger partial charge in [-0.1, -0.05) is 6.42 Å². The first kappa shape index (κ1) is 9.36. The van der Waals surface area contributed by atoms with Crippen LogP contribution in [0.3, 0.4) is 0 Å². The molecule has 11 heavy (non-hydrogen) atoms. The second kappa shape index (κ2) is 5.01. The molecular formula is C8H17NOS. The van der Waals surface area contributed by atoms with E-state index >= 15 is 0 Å². The van der Waals surface area contributed by atoms with Crippen molar-refractivity contribution in [2.45, 2.75) is 31.4 Å². The average Bonchev–Trinajstić information content (AvgIpc) is 2.07. The Balaban J connectivity index is 2.21. The largest absolute Gasteiger partial charge is 0.391 e. The third-order valence-corrected chi connectivity index (χ3v) is 2.83. The Kier molecular flexibility index (Phi) is 4.26. The molecule has 2 atom stereocenters. The van der Waals surface area contributed by atoms with E-state index in [1.165, 1.54) is 12.8 Å². The van der Waals surface area contributed by atoms with Crippen molar-refractivity contribution < 1.29 is 5.11 Å². The zero-order valence-electron chi connectivity index (χ0n) is 7.05. The molecule has 0 saturated carbocycles. The van der Waals surface area contributed by atoms with Crippen molar-refractivity contribution in [3.8, 4) is 0 Å². The van der Waals surface area contributed by atoms with E-state index in [9.17, 15) is 5.11 Å². The molecule has 0 bridgehead atoms. The molecule has 0 aromatic heterocycles. The van der Waals surface area contributed by atoms with Crippen LogP contribution in [0, 0.1) is 0 Å². The summed E-state index contributed by atoms with van der Waals surface area (Å²) >= 11 is 1.71. The Bertz CT molecular complexity index is 104. The Morgan fingerprint density at radius 2 is 2.45 bits per heavy atom. The van der Waals surface area contributed by atoms with Crippen molar-refractivity contribution in [1.29, 1.82) is 0 Å². The lowest BCUT2D eigenvalue weighted by Gasteiger charge is -2.27. The summed E-state index contributed by atoms with van der Waals surface area (Å²) in [7, 11) is 0. The van der Waals surface area contributed by atoms with E-state index in [1.807, 2.05) is 6.26 Å². The summed E-state index contributed by atoms with van der Waals surface area (Å²) in [6.45, 7) is 1.08. The lowest BCUT2D eigenvalue weighted by molar-refractivity contribution is 0.134. The fourth-order valence-corrected chi connectivity index (χ4v) is 2.07. The van der Waals surface area contributed by atoms with Gasteiger partial charge < -0.3 is 10.4 Å². The molecule has 0 aliphatic carbocycles. The summed E-state index contributed by atoms with van der Waals surface area (Å²) in [6, 6.07) is 0.358. The summed E-state index contributed by atoms with van der Waals surface area (Å²) < 4.78 is 0. The lowest BCUT2D eigenvalue weighted by Crippen LogP contribution is -2.44. The minimum Gasteiger partial charge on any atom is -0.391 e. The number of aliphatic hydroxyl groups is 1. The van der Waals surface area contributed by atoms with Crippen molar-refractivity contribution in [3.63, 3.8) is 0 Å². The third kappa shape index (κ3) is 3.01. The Morgan fingerprint density at radius 1 is 1.64 bits per heavy atom. The molecule has 1 rings (SSSR count). The van der Waals surface area contributed by atoms with Crippen LogP contribution in [0.5, 0.6) is 0 Å². The Morgan fingerprint density at radius 3 is 3.00 bits per heavy atom. The SMILES string of the molecule is CSCC(O)C1CCCCN1. The molecule has 0 radical (unpaired) electrons. The standard InChI is InChI=1S/C8H17NOS/c1-11-6-8(10)7-4-2-3-5-9-7/h7-10H,2-6H2,1H3. The molecule has 0 spiro atoms. The summed E-state index contributed by atoms with van der Waals surface area (Å²) in [5.41, 5.74) is 0. The van der Waals surface area contributed by atoms with Crippen LogP contribution in [0.4, 0.5) is 0 Å². The fraction of sp³-hybridized carbons (Fsp3) is 1.00. The predicted molar refractivity (Wildman–Crippen MR) is 50.0 cm³/mol. The number of hydrogen-bond acceptors (Lipinski definition) is 3. The topological polar surface area (TPSA) is 32.3 Å². The van der Waals surface area contributed by atoms with Gasteiger partial charge in [0.2, 0.25) is 0 Å². The molecule has 1 aliphatic rings. The maximum Gasteiger partial charge on any atom is 0.0783 e. The van der Waals surface area contributed by atoms with Gasteiger partial charge in [0.05, 0.1) is 6.10 Å². The Hall–Kier alpha value is 0.270. The van der Waals surface area contributed by atoms with Gasteiger partial charge in [0, 0.05) is 11.8 Å². The van der Waals surface area contributed by atoms with Gasteiger partial charge in [-0.3, -0.25) is 0 Å². The van der Waals surface area contributed by atoms with E-state index < -0.39 is 0 Å². The molecule has 1 saturated heterocycles. The summed E-state index contributed by atoms with van der Waals surface area (Å²) in [4.78, 5) is 0. The molecule has 3 heteroatoms.